The van der Waals surface area contributed by atoms with Gasteiger partial charge in [0.1, 0.15) is 21.9 Å². The summed E-state index contributed by atoms with van der Waals surface area (Å²) in [7, 11) is 3.40. The summed E-state index contributed by atoms with van der Waals surface area (Å²) < 4.78 is 17.3. The van der Waals surface area contributed by atoms with E-state index in [1.807, 2.05) is 36.4 Å². The van der Waals surface area contributed by atoms with Crippen LogP contribution < -0.4 is 14.8 Å². The first kappa shape index (κ1) is 22.8. The van der Waals surface area contributed by atoms with Gasteiger partial charge in [0.25, 0.3) is 0 Å². The molecule has 176 valence electrons. The van der Waals surface area contributed by atoms with Crippen molar-refractivity contribution in [2.24, 2.45) is 5.41 Å². The zero-order valence-electron chi connectivity index (χ0n) is 19.1. The molecule has 0 bridgehead atoms. The van der Waals surface area contributed by atoms with Gasteiger partial charge in [0, 0.05) is 22.7 Å². The first-order valence-corrected chi connectivity index (χ1v) is 12.2. The van der Waals surface area contributed by atoms with Crippen LogP contribution in [0.3, 0.4) is 0 Å². The van der Waals surface area contributed by atoms with E-state index >= 15 is 0 Å². The molecule has 7 heteroatoms. The third-order valence-electron chi connectivity index (χ3n) is 7.50. The van der Waals surface area contributed by atoms with Crippen LogP contribution in [0.5, 0.6) is 11.5 Å². The minimum atomic E-state index is -1.01. The van der Waals surface area contributed by atoms with E-state index in [1.54, 1.807) is 21.1 Å². The highest BCUT2D eigenvalue weighted by Crippen LogP contribution is 2.64. The van der Waals surface area contributed by atoms with E-state index in [0.717, 1.165) is 41.9 Å². The zero-order chi connectivity index (χ0) is 23.4. The van der Waals surface area contributed by atoms with Gasteiger partial charge in [-0.15, -0.1) is 23.2 Å². The molecule has 2 fully saturated rings. The second kappa shape index (κ2) is 8.37. The Labute approximate surface area is 204 Å². The number of amides is 1. The first-order valence-electron chi connectivity index (χ1n) is 11.5. The van der Waals surface area contributed by atoms with Crippen LogP contribution >= 0.6 is 23.2 Å². The monoisotopic (exact) mass is 489 g/mol. The SMILES string of the molecule is COc1ccc(OC)c2c1[C@H](c1cccc(NC(=O)[C@]3(C)CC3(Cl)Cl)c1)O[C@@H]1CCCC[C@@H]21. The average molecular weight is 490 g/mol. The fraction of sp³-hybridized carbons (Fsp3) is 0.500. The maximum absolute atomic E-state index is 12.8. The molecule has 2 aromatic rings. The van der Waals surface area contributed by atoms with Gasteiger partial charge in [0.05, 0.1) is 25.7 Å². The summed E-state index contributed by atoms with van der Waals surface area (Å²) >= 11 is 12.4. The molecule has 1 heterocycles. The van der Waals surface area contributed by atoms with E-state index < -0.39 is 9.75 Å². The van der Waals surface area contributed by atoms with E-state index in [1.165, 1.54) is 12.0 Å². The molecule has 0 unspecified atom stereocenters. The van der Waals surface area contributed by atoms with Crippen molar-refractivity contribution in [2.45, 2.75) is 61.5 Å². The lowest BCUT2D eigenvalue weighted by molar-refractivity contribution is -0.120. The minimum Gasteiger partial charge on any atom is -0.496 e. The highest BCUT2D eigenvalue weighted by Gasteiger charge is 2.67. The van der Waals surface area contributed by atoms with E-state index in [-0.39, 0.29) is 24.0 Å². The number of rotatable bonds is 5. The standard InChI is InChI=1S/C26H29Cl2NO4/c1-25(14-26(25,27)28)24(30)29-16-8-6-7-15(13-16)23-22-20(32-3)12-11-19(31-2)21(22)17-9-4-5-10-18(17)33-23/h6-8,11-13,17-18,23H,4-5,9-10,14H2,1-3H3,(H,29,30)/t17-,18-,23+,25+/m1/s1. The van der Waals surface area contributed by atoms with Gasteiger partial charge < -0.3 is 19.5 Å². The second-order valence-corrected chi connectivity index (χ2v) is 11.0. The predicted octanol–water partition coefficient (Wildman–Crippen LogP) is 6.37. The Bertz CT molecular complexity index is 1090. The lowest BCUT2D eigenvalue weighted by Crippen LogP contribution is -2.34. The zero-order valence-corrected chi connectivity index (χ0v) is 20.6. The minimum absolute atomic E-state index is 0.119. The summed E-state index contributed by atoms with van der Waals surface area (Å²) in [5.41, 5.74) is 3.05. The number of anilines is 1. The summed E-state index contributed by atoms with van der Waals surface area (Å²) in [5, 5.41) is 2.99. The fourth-order valence-corrected chi connectivity index (χ4v) is 6.08. The molecule has 33 heavy (non-hydrogen) atoms. The molecule has 1 N–H and O–H groups in total. The van der Waals surface area contributed by atoms with Gasteiger partial charge in [-0.25, -0.2) is 0 Å². The molecule has 0 saturated heterocycles. The number of fused-ring (bicyclic) bond motifs is 3. The van der Waals surface area contributed by atoms with Crippen LogP contribution in [0.15, 0.2) is 36.4 Å². The molecular weight excluding hydrogens is 461 g/mol. The van der Waals surface area contributed by atoms with Crippen molar-refractivity contribution in [1.82, 2.24) is 0 Å². The number of hydrogen-bond acceptors (Lipinski definition) is 4. The summed E-state index contributed by atoms with van der Waals surface area (Å²) in [6.07, 6.45) is 4.66. The maximum atomic E-state index is 12.8. The number of methoxy groups -OCH3 is 2. The van der Waals surface area contributed by atoms with E-state index in [2.05, 4.69) is 5.32 Å². The van der Waals surface area contributed by atoms with Gasteiger partial charge in [-0.05, 0) is 56.0 Å². The number of ether oxygens (including phenoxy) is 3. The molecule has 4 atom stereocenters. The third-order valence-corrected chi connectivity index (χ3v) is 8.60. The molecule has 0 spiro atoms. The molecule has 5 nitrogen and oxygen atoms in total. The number of benzene rings is 2. The van der Waals surface area contributed by atoms with E-state index in [9.17, 15) is 4.79 Å². The van der Waals surface area contributed by atoms with Crippen LogP contribution in [-0.2, 0) is 9.53 Å². The molecular formula is C26H29Cl2NO4. The smallest absolute Gasteiger partial charge is 0.233 e. The average Bonchev–Trinajstić information content (AvgIpc) is 3.36. The van der Waals surface area contributed by atoms with Crippen LogP contribution in [0.4, 0.5) is 5.69 Å². The van der Waals surface area contributed by atoms with Crippen LogP contribution in [0.25, 0.3) is 0 Å². The number of carbonyl (C=O) groups excluding carboxylic acids is 1. The highest BCUT2D eigenvalue weighted by atomic mass is 35.5. The van der Waals surface area contributed by atoms with Crippen molar-refractivity contribution >= 4 is 34.8 Å². The van der Waals surface area contributed by atoms with E-state index in [0.29, 0.717) is 12.1 Å². The normalized spacial score (nSPS) is 29.4. The van der Waals surface area contributed by atoms with Crippen LogP contribution in [-0.4, -0.2) is 30.6 Å². The number of nitrogens with one attached hydrogen (secondary N) is 1. The summed E-state index contributed by atoms with van der Waals surface area (Å²) in [6, 6.07) is 11.7. The highest BCUT2D eigenvalue weighted by molar-refractivity contribution is 6.53. The molecule has 1 amide bonds. The van der Waals surface area contributed by atoms with Crippen molar-refractivity contribution in [3.63, 3.8) is 0 Å². The van der Waals surface area contributed by atoms with Gasteiger partial charge in [-0.1, -0.05) is 25.0 Å². The number of halogens is 2. The lowest BCUT2D eigenvalue weighted by Gasteiger charge is -2.42. The van der Waals surface area contributed by atoms with Crippen molar-refractivity contribution in [3.8, 4) is 11.5 Å². The number of hydrogen-bond donors (Lipinski definition) is 1. The Morgan fingerprint density at radius 3 is 2.39 bits per heavy atom. The van der Waals surface area contributed by atoms with Crippen molar-refractivity contribution < 1.29 is 19.0 Å². The summed E-state index contributed by atoms with van der Waals surface area (Å²) in [6.45, 7) is 1.78. The van der Waals surface area contributed by atoms with Crippen LogP contribution in [0, 0.1) is 5.41 Å². The fourth-order valence-electron chi connectivity index (χ4n) is 5.38. The topological polar surface area (TPSA) is 56.8 Å². The molecule has 0 radical (unpaired) electrons. The van der Waals surface area contributed by atoms with Gasteiger partial charge >= 0.3 is 0 Å². The predicted molar refractivity (Wildman–Crippen MR) is 130 cm³/mol. The van der Waals surface area contributed by atoms with Crippen molar-refractivity contribution in [1.29, 1.82) is 0 Å². The Kier molecular flexibility index (Phi) is 5.79. The largest absolute Gasteiger partial charge is 0.496 e. The Balaban J connectivity index is 1.54. The van der Waals surface area contributed by atoms with Gasteiger partial charge in [0.15, 0.2) is 0 Å². The lowest BCUT2D eigenvalue weighted by atomic mass is 9.75. The summed E-state index contributed by atoms with van der Waals surface area (Å²) in [5.74, 6) is 1.77. The number of alkyl halides is 2. The molecule has 3 aliphatic rings. The molecule has 1 aliphatic heterocycles. The molecule has 2 aromatic carbocycles. The summed E-state index contributed by atoms with van der Waals surface area (Å²) in [4.78, 5) is 12.8. The van der Waals surface area contributed by atoms with Gasteiger partial charge in [-0.3, -0.25) is 4.79 Å². The van der Waals surface area contributed by atoms with Crippen LogP contribution in [0.2, 0.25) is 0 Å². The first-order chi connectivity index (χ1) is 15.8. The maximum Gasteiger partial charge on any atom is 0.233 e. The Morgan fingerprint density at radius 1 is 1.06 bits per heavy atom. The Morgan fingerprint density at radius 2 is 1.73 bits per heavy atom. The quantitative estimate of drug-likeness (QED) is 0.495. The Hall–Kier alpha value is -1.95. The van der Waals surface area contributed by atoms with Crippen molar-refractivity contribution in [2.75, 3.05) is 19.5 Å². The van der Waals surface area contributed by atoms with Gasteiger partial charge in [-0.2, -0.15) is 0 Å². The third kappa shape index (κ3) is 3.78. The number of carbonyl (C=O) groups is 1. The van der Waals surface area contributed by atoms with Crippen LogP contribution in [0.1, 0.15) is 67.7 Å². The van der Waals surface area contributed by atoms with E-state index in [4.69, 9.17) is 37.4 Å². The molecule has 0 aromatic heterocycles. The van der Waals surface area contributed by atoms with Gasteiger partial charge in [0.2, 0.25) is 5.91 Å². The second-order valence-electron chi connectivity index (χ2n) is 9.54. The molecule has 5 rings (SSSR count). The molecule has 2 saturated carbocycles. The molecule has 2 aliphatic carbocycles. The van der Waals surface area contributed by atoms with Crippen molar-refractivity contribution in [3.05, 3.63) is 53.1 Å².